The highest BCUT2D eigenvalue weighted by molar-refractivity contribution is 5.92. The first-order valence-corrected chi connectivity index (χ1v) is 8.76. The van der Waals surface area contributed by atoms with Gasteiger partial charge < -0.3 is 15.2 Å². The zero-order valence-corrected chi connectivity index (χ0v) is 15.0. The normalized spacial score (nSPS) is 20.7. The van der Waals surface area contributed by atoms with Gasteiger partial charge in [-0.15, -0.1) is 0 Å². The van der Waals surface area contributed by atoms with E-state index in [1.807, 2.05) is 7.05 Å². The summed E-state index contributed by atoms with van der Waals surface area (Å²) in [6.45, 7) is 2.66. The van der Waals surface area contributed by atoms with Crippen molar-refractivity contribution in [3.8, 4) is 0 Å². The van der Waals surface area contributed by atoms with Crippen molar-refractivity contribution in [1.29, 1.82) is 0 Å². The highest BCUT2D eigenvalue weighted by atomic mass is 19.1. The molecule has 7 heteroatoms. The van der Waals surface area contributed by atoms with E-state index < -0.39 is 5.69 Å². The molecule has 0 saturated carbocycles. The Kier molecular flexibility index (Phi) is 5.46. The number of carbonyl (C=O) groups excluding carboxylic acids is 1. The second-order valence-corrected chi connectivity index (χ2v) is 6.86. The molecule has 0 bridgehead atoms. The number of piperidine rings is 1. The molecule has 0 aliphatic carbocycles. The molecule has 0 radical (unpaired) electrons. The number of H-pyrrole nitrogens is 1. The number of carbonyl (C=O) groups is 1. The Morgan fingerprint density at radius 1 is 1.38 bits per heavy atom. The minimum Gasteiger partial charge on any atom is -0.346 e. The molecule has 3 rings (SSSR count). The van der Waals surface area contributed by atoms with Gasteiger partial charge in [0.2, 0.25) is 0 Å². The van der Waals surface area contributed by atoms with E-state index in [-0.39, 0.29) is 29.5 Å². The van der Waals surface area contributed by atoms with Crippen molar-refractivity contribution in [2.24, 2.45) is 0 Å². The topological polar surface area (TPSA) is 78.1 Å². The average molecular weight is 358 g/mol. The number of hydrogen-bond acceptors (Lipinski definition) is 4. The fraction of sp³-hybridized carbons (Fsp3) is 0.421. The van der Waals surface area contributed by atoms with E-state index in [0.29, 0.717) is 12.1 Å². The van der Waals surface area contributed by atoms with Gasteiger partial charge in [0.25, 0.3) is 5.91 Å². The van der Waals surface area contributed by atoms with Gasteiger partial charge in [-0.05, 0) is 63.5 Å². The zero-order chi connectivity index (χ0) is 18.7. The molecule has 2 aromatic rings. The SMILES string of the molecule is Cc1cc(C(=O)N[C@H]2CCCN(C)[C@H]2Cc2ccc(F)cc2)nc(=O)[nH]1. The van der Waals surface area contributed by atoms with Crippen molar-refractivity contribution in [1.82, 2.24) is 20.2 Å². The summed E-state index contributed by atoms with van der Waals surface area (Å²) >= 11 is 0. The maximum atomic E-state index is 13.1. The van der Waals surface area contributed by atoms with Crippen LogP contribution in [0.25, 0.3) is 0 Å². The molecule has 1 fully saturated rings. The van der Waals surface area contributed by atoms with Gasteiger partial charge in [0, 0.05) is 17.8 Å². The van der Waals surface area contributed by atoms with E-state index >= 15 is 0 Å². The largest absolute Gasteiger partial charge is 0.346 e. The van der Waals surface area contributed by atoms with Crippen molar-refractivity contribution >= 4 is 5.91 Å². The summed E-state index contributed by atoms with van der Waals surface area (Å²) in [5, 5.41) is 3.03. The summed E-state index contributed by atoms with van der Waals surface area (Å²) in [5.74, 6) is -0.602. The summed E-state index contributed by atoms with van der Waals surface area (Å²) in [6, 6.07) is 8.06. The molecule has 6 nitrogen and oxygen atoms in total. The number of halogens is 1. The predicted molar refractivity (Wildman–Crippen MR) is 96.6 cm³/mol. The number of benzene rings is 1. The molecule has 2 N–H and O–H groups in total. The lowest BCUT2D eigenvalue weighted by Gasteiger charge is -2.39. The van der Waals surface area contributed by atoms with E-state index in [1.165, 1.54) is 12.1 Å². The third-order valence-corrected chi connectivity index (χ3v) is 4.84. The van der Waals surface area contributed by atoms with Gasteiger partial charge in [-0.1, -0.05) is 12.1 Å². The summed E-state index contributed by atoms with van der Waals surface area (Å²) in [4.78, 5) is 32.6. The molecule has 2 atom stereocenters. The molecule has 1 amide bonds. The van der Waals surface area contributed by atoms with Gasteiger partial charge >= 0.3 is 5.69 Å². The Labute approximate surface area is 151 Å². The number of nitrogens with one attached hydrogen (secondary N) is 2. The molecule has 0 spiro atoms. The molecular formula is C19H23FN4O2. The first kappa shape index (κ1) is 18.3. The Balaban J connectivity index is 1.76. The summed E-state index contributed by atoms with van der Waals surface area (Å²) in [6.07, 6.45) is 2.54. The molecule has 0 unspecified atom stereocenters. The molecule has 1 aliphatic rings. The van der Waals surface area contributed by atoms with Crippen molar-refractivity contribution in [3.63, 3.8) is 0 Å². The second-order valence-electron chi connectivity index (χ2n) is 6.86. The maximum absolute atomic E-state index is 13.1. The lowest BCUT2D eigenvalue weighted by molar-refractivity contribution is 0.0846. The number of nitrogens with zero attached hydrogens (tertiary/aromatic N) is 2. The Morgan fingerprint density at radius 3 is 2.81 bits per heavy atom. The first-order chi connectivity index (χ1) is 12.4. The van der Waals surface area contributed by atoms with Crippen LogP contribution >= 0.6 is 0 Å². The Morgan fingerprint density at radius 2 is 2.12 bits per heavy atom. The number of hydrogen-bond donors (Lipinski definition) is 2. The summed E-state index contributed by atoms with van der Waals surface area (Å²) in [7, 11) is 2.03. The monoisotopic (exact) mass is 358 g/mol. The highest BCUT2D eigenvalue weighted by Crippen LogP contribution is 2.20. The molecule has 1 aromatic carbocycles. The minimum atomic E-state index is -0.529. The van der Waals surface area contributed by atoms with Crippen LogP contribution in [0.3, 0.4) is 0 Å². The van der Waals surface area contributed by atoms with Crippen molar-refractivity contribution in [2.75, 3.05) is 13.6 Å². The standard InChI is InChI=1S/C19H23FN4O2/c1-12-10-16(23-19(26)21-12)18(25)22-15-4-3-9-24(2)17(15)11-13-5-7-14(20)8-6-13/h5-8,10,15,17H,3-4,9,11H2,1-2H3,(H,22,25)(H,21,23,26)/t15-,17-/m0/s1. The number of likely N-dealkylation sites (N-methyl/N-ethyl adjacent to an activating group) is 1. The van der Waals surface area contributed by atoms with Crippen LogP contribution in [0.1, 0.15) is 34.6 Å². The van der Waals surface area contributed by atoms with Crippen LogP contribution in [0.5, 0.6) is 0 Å². The third kappa shape index (κ3) is 4.35. The van der Waals surface area contributed by atoms with Gasteiger partial charge in [0.05, 0.1) is 0 Å². The Bertz CT molecular complexity index is 834. The lowest BCUT2D eigenvalue weighted by Crippen LogP contribution is -2.55. The maximum Gasteiger partial charge on any atom is 0.345 e. The zero-order valence-electron chi connectivity index (χ0n) is 15.0. The summed E-state index contributed by atoms with van der Waals surface area (Å²) < 4.78 is 13.1. The van der Waals surface area contributed by atoms with E-state index in [0.717, 1.165) is 24.9 Å². The van der Waals surface area contributed by atoms with Gasteiger partial charge in [-0.25, -0.2) is 9.18 Å². The highest BCUT2D eigenvalue weighted by Gasteiger charge is 2.31. The van der Waals surface area contributed by atoms with Crippen LogP contribution in [0.4, 0.5) is 4.39 Å². The minimum absolute atomic E-state index is 0.0623. The number of aromatic amines is 1. The number of likely N-dealkylation sites (tertiary alicyclic amines) is 1. The van der Waals surface area contributed by atoms with Crippen LogP contribution in [0.2, 0.25) is 0 Å². The van der Waals surface area contributed by atoms with Crippen molar-refractivity contribution in [3.05, 3.63) is 63.6 Å². The average Bonchev–Trinajstić information content (AvgIpc) is 2.59. The van der Waals surface area contributed by atoms with Gasteiger partial charge in [0.15, 0.2) is 0 Å². The van der Waals surface area contributed by atoms with Crippen LogP contribution in [0.15, 0.2) is 35.1 Å². The second kappa shape index (κ2) is 7.78. The molecular weight excluding hydrogens is 335 g/mol. The predicted octanol–water partition coefficient (Wildman–Crippen LogP) is 1.65. The number of rotatable bonds is 4. The Hall–Kier alpha value is -2.54. The first-order valence-electron chi connectivity index (χ1n) is 8.76. The van der Waals surface area contributed by atoms with Gasteiger partial charge in [0.1, 0.15) is 11.5 Å². The lowest BCUT2D eigenvalue weighted by atomic mass is 9.91. The summed E-state index contributed by atoms with van der Waals surface area (Å²) in [5.41, 5.74) is 1.21. The molecule has 138 valence electrons. The number of aromatic nitrogens is 2. The van der Waals surface area contributed by atoms with E-state index in [2.05, 4.69) is 20.2 Å². The van der Waals surface area contributed by atoms with Crippen LogP contribution in [-0.4, -0.2) is 46.5 Å². The molecule has 1 aliphatic heterocycles. The molecule has 2 heterocycles. The molecule has 1 saturated heterocycles. The molecule has 1 aromatic heterocycles. The smallest absolute Gasteiger partial charge is 0.345 e. The van der Waals surface area contributed by atoms with Gasteiger partial charge in [-0.3, -0.25) is 4.79 Å². The van der Waals surface area contributed by atoms with Crippen molar-refractivity contribution in [2.45, 2.75) is 38.3 Å². The van der Waals surface area contributed by atoms with Crippen LogP contribution in [-0.2, 0) is 6.42 Å². The van der Waals surface area contributed by atoms with E-state index in [9.17, 15) is 14.0 Å². The van der Waals surface area contributed by atoms with E-state index in [4.69, 9.17) is 0 Å². The fourth-order valence-electron chi connectivity index (χ4n) is 3.49. The number of amides is 1. The van der Waals surface area contributed by atoms with Crippen molar-refractivity contribution < 1.29 is 9.18 Å². The third-order valence-electron chi connectivity index (χ3n) is 4.84. The fourth-order valence-corrected chi connectivity index (χ4v) is 3.49. The van der Waals surface area contributed by atoms with Crippen LogP contribution < -0.4 is 11.0 Å². The number of aryl methyl sites for hydroxylation is 1. The molecule has 26 heavy (non-hydrogen) atoms. The quantitative estimate of drug-likeness (QED) is 0.871. The van der Waals surface area contributed by atoms with E-state index in [1.54, 1.807) is 25.1 Å². The van der Waals surface area contributed by atoms with Gasteiger partial charge in [-0.2, -0.15) is 4.98 Å². The van der Waals surface area contributed by atoms with Crippen LogP contribution in [0, 0.1) is 12.7 Å².